The standard InChI is InChI=1S/C14H8Cl2N4O4/c15-8-5-17-6-9(16)13(8)19-10(1-2-18-19)7-3-11(20(23)24)14(22)12(21)4-7/h1-6,21-22H. The summed E-state index contributed by atoms with van der Waals surface area (Å²) >= 11 is 12.2. The number of rotatable bonds is 3. The number of benzene rings is 1. The van der Waals surface area contributed by atoms with Gasteiger partial charge in [-0.05, 0) is 12.1 Å². The van der Waals surface area contributed by atoms with Crippen LogP contribution >= 0.6 is 23.2 Å². The van der Waals surface area contributed by atoms with Gasteiger partial charge in [-0.15, -0.1) is 0 Å². The predicted molar refractivity (Wildman–Crippen MR) is 86.8 cm³/mol. The zero-order valence-electron chi connectivity index (χ0n) is 11.7. The van der Waals surface area contributed by atoms with Gasteiger partial charge in [0, 0.05) is 24.0 Å². The summed E-state index contributed by atoms with van der Waals surface area (Å²) in [7, 11) is 0. The maximum absolute atomic E-state index is 11.0. The summed E-state index contributed by atoms with van der Waals surface area (Å²) in [5.41, 5.74) is 0.329. The van der Waals surface area contributed by atoms with E-state index in [4.69, 9.17) is 23.2 Å². The fourth-order valence-electron chi connectivity index (χ4n) is 2.20. The molecule has 0 radical (unpaired) electrons. The summed E-state index contributed by atoms with van der Waals surface area (Å²) < 4.78 is 1.36. The SMILES string of the molecule is O=[N+]([O-])c1cc(-c2ccnn2-c2c(Cl)cncc2Cl)cc(O)c1O. The Morgan fingerprint density at radius 3 is 2.46 bits per heavy atom. The molecule has 0 aliphatic heterocycles. The second-order valence-electron chi connectivity index (χ2n) is 4.70. The molecular weight excluding hydrogens is 359 g/mol. The summed E-state index contributed by atoms with van der Waals surface area (Å²) in [6, 6.07) is 3.85. The van der Waals surface area contributed by atoms with Crippen molar-refractivity contribution in [2.75, 3.05) is 0 Å². The largest absolute Gasteiger partial charge is 0.504 e. The lowest BCUT2D eigenvalue weighted by Crippen LogP contribution is -2.02. The van der Waals surface area contributed by atoms with Crippen molar-refractivity contribution in [2.45, 2.75) is 0 Å². The number of nitro benzene ring substituents is 1. The number of phenolic OH excluding ortho intramolecular Hbond substituents is 2. The third kappa shape index (κ3) is 2.61. The molecule has 0 fully saturated rings. The number of pyridine rings is 1. The minimum Gasteiger partial charge on any atom is -0.504 e. The maximum atomic E-state index is 11.0. The first-order chi connectivity index (χ1) is 11.4. The van der Waals surface area contributed by atoms with Crippen LogP contribution in [-0.2, 0) is 0 Å². The highest BCUT2D eigenvalue weighted by atomic mass is 35.5. The average Bonchev–Trinajstić information content (AvgIpc) is 2.98. The average molecular weight is 367 g/mol. The van der Waals surface area contributed by atoms with E-state index in [1.165, 1.54) is 29.3 Å². The first kappa shape index (κ1) is 16.0. The number of hydrogen-bond acceptors (Lipinski definition) is 6. The molecule has 3 aromatic rings. The van der Waals surface area contributed by atoms with Crippen LogP contribution in [0.15, 0.2) is 36.8 Å². The second-order valence-corrected chi connectivity index (χ2v) is 5.51. The van der Waals surface area contributed by atoms with Crippen molar-refractivity contribution in [3.05, 3.63) is 56.9 Å². The molecule has 0 amide bonds. The van der Waals surface area contributed by atoms with E-state index >= 15 is 0 Å². The van der Waals surface area contributed by atoms with Crippen LogP contribution < -0.4 is 0 Å². The normalized spacial score (nSPS) is 10.8. The molecule has 0 aliphatic rings. The van der Waals surface area contributed by atoms with E-state index < -0.39 is 22.1 Å². The number of nitro groups is 1. The van der Waals surface area contributed by atoms with Crippen molar-refractivity contribution in [1.29, 1.82) is 0 Å². The number of aromatic nitrogens is 3. The van der Waals surface area contributed by atoms with Gasteiger partial charge in [-0.2, -0.15) is 5.10 Å². The Labute approximate surface area is 144 Å². The fourth-order valence-corrected chi connectivity index (χ4v) is 2.72. The number of hydrogen-bond donors (Lipinski definition) is 2. The molecule has 0 atom stereocenters. The second kappa shape index (κ2) is 5.99. The van der Waals surface area contributed by atoms with Crippen LogP contribution in [0.25, 0.3) is 16.9 Å². The van der Waals surface area contributed by atoms with Crippen molar-refractivity contribution in [3.63, 3.8) is 0 Å². The molecule has 2 aromatic heterocycles. The monoisotopic (exact) mass is 366 g/mol. The lowest BCUT2D eigenvalue weighted by Gasteiger charge is -2.11. The van der Waals surface area contributed by atoms with E-state index in [-0.39, 0.29) is 15.6 Å². The van der Waals surface area contributed by atoms with Gasteiger partial charge >= 0.3 is 5.69 Å². The molecule has 10 heteroatoms. The Morgan fingerprint density at radius 1 is 1.17 bits per heavy atom. The van der Waals surface area contributed by atoms with Gasteiger partial charge in [-0.3, -0.25) is 15.1 Å². The van der Waals surface area contributed by atoms with Crippen molar-refractivity contribution in [3.8, 4) is 28.4 Å². The molecule has 122 valence electrons. The Kier molecular flexibility index (Phi) is 4.00. The minimum absolute atomic E-state index is 0.227. The molecule has 1 aromatic carbocycles. The minimum atomic E-state index is -0.810. The predicted octanol–water partition coefficient (Wildman–Crippen LogP) is 3.56. The van der Waals surface area contributed by atoms with Crippen LogP contribution in [0.1, 0.15) is 0 Å². The summed E-state index contributed by atoms with van der Waals surface area (Å²) in [5, 5.41) is 34.9. The molecule has 0 spiro atoms. The third-order valence-corrected chi connectivity index (χ3v) is 3.80. The summed E-state index contributed by atoms with van der Waals surface area (Å²) in [4.78, 5) is 14.1. The Morgan fingerprint density at radius 2 is 1.83 bits per heavy atom. The maximum Gasteiger partial charge on any atom is 0.315 e. The summed E-state index contributed by atoms with van der Waals surface area (Å²) in [6.45, 7) is 0. The number of aromatic hydroxyl groups is 2. The molecule has 24 heavy (non-hydrogen) atoms. The molecule has 3 rings (SSSR count). The number of nitrogens with zero attached hydrogens (tertiary/aromatic N) is 4. The summed E-state index contributed by atoms with van der Waals surface area (Å²) in [5.74, 6) is -1.44. The molecule has 0 saturated heterocycles. The van der Waals surface area contributed by atoms with Crippen molar-refractivity contribution >= 4 is 28.9 Å². The molecule has 0 aliphatic carbocycles. The smallest absolute Gasteiger partial charge is 0.315 e. The molecule has 2 N–H and O–H groups in total. The third-order valence-electron chi connectivity index (χ3n) is 3.24. The lowest BCUT2D eigenvalue weighted by atomic mass is 10.1. The van der Waals surface area contributed by atoms with E-state index in [2.05, 4.69) is 10.1 Å². The highest BCUT2D eigenvalue weighted by molar-refractivity contribution is 6.37. The van der Waals surface area contributed by atoms with Crippen LogP contribution in [0.3, 0.4) is 0 Å². The highest BCUT2D eigenvalue weighted by Gasteiger charge is 2.22. The van der Waals surface area contributed by atoms with Gasteiger partial charge in [0.25, 0.3) is 0 Å². The Balaban J connectivity index is 2.24. The molecule has 8 nitrogen and oxygen atoms in total. The van der Waals surface area contributed by atoms with Gasteiger partial charge in [0.1, 0.15) is 5.69 Å². The van der Waals surface area contributed by atoms with Gasteiger partial charge in [0.2, 0.25) is 5.75 Å². The van der Waals surface area contributed by atoms with Gasteiger partial charge in [-0.1, -0.05) is 23.2 Å². The Hall–Kier alpha value is -2.84. The number of halogens is 2. The van der Waals surface area contributed by atoms with E-state index in [1.54, 1.807) is 6.07 Å². The molecule has 0 bridgehead atoms. The summed E-state index contributed by atoms with van der Waals surface area (Å²) in [6.07, 6.45) is 4.20. The van der Waals surface area contributed by atoms with E-state index in [0.717, 1.165) is 6.07 Å². The number of phenols is 2. The van der Waals surface area contributed by atoms with E-state index in [0.29, 0.717) is 11.4 Å². The molecule has 2 heterocycles. The Bertz CT molecular complexity index is 938. The fraction of sp³-hybridized carbons (Fsp3) is 0. The zero-order valence-corrected chi connectivity index (χ0v) is 13.2. The first-order valence-electron chi connectivity index (χ1n) is 6.44. The van der Waals surface area contributed by atoms with Crippen LogP contribution in [-0.4, -0.2) is 29.9 Å². The van der Waals surface area contributed by atoms with E-state index in [1.807, 2.05) is 0 Å². The zero-order chi connectivity index (χ0) is 17.4. The van der Waals surface area contributed by atoms with Gasteiger partial charge in [-0.25, -0.2) is 4.68 Å². The van der Waals surface area contributed by atoms with Gasteiger partial charge < -0.3 is 10.2 Å². The molecule has 0 saturated carbocycles. The van der Waals surface area contributed by atoms with Crippen molar-refractivity contribution in [1.82, 2.24) is 14.8 Å². The van der Waals surface area contributed by atoms with Gasteiger partial charge in [0.05, 0.1) is 26.9 Å². The quantitative estimate of drug-likeness (QED) is 0.416. The topological polar surface area (TPSA) is 114 Å². The first-order valence-corrected chi connectivity index (χ1v) is 7.20. The van der Waals surface area contributed by atoms with Gasteiger partial charge in [0.15, 0.2) is 5.75 Å². The lowest BCUT2D eigenvalue weighted by molar-refractivity contribution is -0.385. The van der Waals surface area contributed by atoms with Crippen molar-refractivity contribution in [2.24, 2.45) is 0 Å². The molecular formula is C14H8Cl2N4O4. The van der Waals surface area contributed by atoms with Crippen LogP contribution in [0.5, 0.6) is 11.5 Å². The van der Waals surface area contributed by atoms with Crippen LogP contribution in [0, 0.1) is 10.1 Å². The highest BCUT2D eigenvalue weighted by Crippen LogP contribution is 2.40. The van der Waals surface area contributed by atoms with E-state index in [9.17, 15) is 20.3 Å². The van der Waals surface area contributed by atoms with Crippen LogP contribution in [0.2, 0.25) is 10.0 Å². The van der Waals surface area contributed by atoms with Crippen molar-refractivity contribution < 1.29 is 15.1 Å². The van der Waals surface area contributed by atoms with Crippen LogP contribution in [0.4, 0.5) is 5.69 Å². The molecule has 0 unspecified atom stereocenters.